The molecular weight excluding hydrogens is 339 g/mol. The highest BCUT2D eigenvalue weighted by Gasteiger charge is 2.66. The number of carbonyl (C=O) groups is 1. The topological polar surface area (TPSA) is 55.8 Å². The number of halogens is 5. The number of rotatable bonds is 3. The summed E-state index contributed by atoms with van der Waals surface area (Å²) in [6, 6.07) is 0.783. The second kappa shape index (κ2) is 5.87. The Morgan fingerprint density at radius 2 is 1.96 bits per heavy atom. The van der Waals surface area contributed by atoms with E-state index in [1.807, 2.05) is 0 Å². The van der Waals surface area contributed by atoms with E-state index in [9.17, 15) is 31.9 Å². The lowest BCUT2D eigenvalue weighted by atomic mass is 9.77. The summed E-state index contributed by atoms with van der Waals surface area (Å²) >= 11 is 0. The van der Waals surface area contributed by atoms with E-state index in [2.05, 4.69) is 4.74 Å². The minimum Gasteiger partial charge on any atom is -0.496 e. The zero-order valence-corrected chi connectivity index (χ0v) is 12.4. The number of alkyl halides is 3. The first-order valence-corrected chi connectivity index (χ1v) is 6.74. The second-order valence-corrected chi connectivity index (χ2v) is 5.70. The molecule has 1 aromatic rings. The van der Waals surface area contributed by atoms with Crippen LogP contribution in [0.1, 0.15) is 29.4 Å². The van der Waals surface area contributed by atoms with Crippen molar-refractivity contribution in [2.24, 2.45) is 5.92 Å². The molecule has 1 aliphatic heterocycles. The van der Waals surface area contributed by atoms with Crippen molar-refractivity contribution in [2.75, 3.05) is 7.04 Å². The quantitative estimate of drug-likeness (QED) is 0.842. The van der Waals surface area contributed by atoms with Gasteiger partial charge in [-0.25, -0.2) is 13.6 Å². The largest absolute Gasteiger partial charge is 0.496 e. The molecule has 4 atom stereocenters. The Labute approximate surface area is 138 Å². The normalized spacial score (nSPS) is 32.8. The van der Waals surface area contributed by atoms with E-state index in [1.165, 1.54) is 0 Å². The van der Waals surface area contributed by atoms with Crippen LogP contribution in [0.2, 0.25) is 0 Å². The van der Waals surface area contributed by atoms with Gasteiger partial charge in [-0.05, 0) is 13.0 Å². The van der Waals surface area contributed by atoms with Crippen molar-refractivity contribution in [3.8, 4) is 5.75 Å². The third kappa shape index (κ3) is 2.70. The summed E-state index contributed by atoms with van der Waals surface area (Å²) in [4.78, 5) is 11.5. The minimum atomic E-state index is -4.97. The van der Waals surface area contributed by atoms with Crippen LogP contribution in [0.15, 0.2) is 12.1 Å². The van der Waals surface area contributed by atoms with E-state index in [-0.39, 0.29) is 0 Å². The van der Waals surface area contributed by atoms with Crippen LogP contribution in [-0.4, -0.2) is 36.0 Å². The number of carboxylic acid groups (broad SMARTS) is 1. The number of aliphatic carboxylic acids is 1. The SMILES string of the molecule is [2H]C([2H])([2H])Oc1cc(F)c(F)cc1[C@H]1[C@H](C(=O)O)O[C@@](C)(C(F)(F)F)[C@H]1C. The zero-order valence-electron chi connectivity index (χ0n) is 15.4. The summed E-state index contributed by atoms with van der Waals surface area (Å²) in [5.74, 6) is -8.80. The fraction of sp³-hybridized carbons (Fsp3) is 0.533. The van der Waals surface area contributed by atoms with Gasteiger partial charge in [0.15, 0.2) is 23.3 Å². The molecule has 134 valence electrons. The van der Waals surface area contributed by atoms with Crippen molar-refractivity contribution in [1.82, 2.24) is 0 Å². The number of hydrogen-bond acceptors (Lipinski definition) is 3. The Morgan fingerprint density at radius 3 is 2.46 bits per heavy atom. The third-order valence-corrected chi connectivity index (χ3v) is 4.43. The standard InChI is InChI=1S/C15H15F5O4/c1-6-11(7-4-8(16)9(17)5-10(7)23-3)12(13(21)22)24-14(6,2)15(18,19)20/h4-6,11-12H,1-3H3,(H,21,22)/t6-,11-,12+,14+/m0/s1/i3D3. The van der Waals surface area contributed by atoms with Gasteiger partial charge in [0.25, 0.3) is 0 Å². The van der Waals surface area contributed by atoms with Crippen LogP contribution in [0, 0.1) is 17.6 Å². The predicted molar refractivity (Wildman–Crippen MR) is 71.8 cm³/mol. The van der Waals surface area contributed by atoms with Crippen molar-refractivity contribution in [1.29, 1.82) is 0 Å². The Hall–Kier alpha value is -1.90. The van der Waals surface area contributed by atoms with Crippen molar-refractivity contribution >= 4 is 5.97 Å². The van der Waals surface area contributed by atoms with Crippen molar-refractivity contribution < 1.29 is 45.4 Å². The first-order chi connectivity index (χ1) is 12.1. The molecule has 0 amide bonds. The molecular formula is C15H15F5O4. The van der Waals surface area contributed by atoms with Gasteiger partial charge in [-0.3, -0.25) is 0 Å². The molecule has 1 fully saturated rings. The summed E-state index contributed by atoms with van der Waals surface area (Å²) in [6.45, 7) is 1.67. The van der Waals surface area contributed by atoms with Gasteiger partial charge >= 0.3 is 12.1 Å². The molecule has 0 saturated carbocycles. The van der Waals surface area contributed by atoms with Crippen LogP contribution in [0.3, 0.4) is 0 Å². The highest BCUT2D eigenvalue weighted by Crippen LogP contribution is 2.54. The molecule has 0 aromatic heterocycles. The van der Waals surface area contributed by atoms with Crippen molar-refractivity contribution in [3.63, 3.8) is 0 Å². The number of carboxylic acids is 1. The molecule has 0 unspecified atom stereocenters. The Morgan fingerprint density at radius 1 is 1.38 bits per heavy atom. The monoisotopic (exact) mass is 357 g/mol. The van der Waals surface area contributed by atoms with E-state index in [1.54, 1.807) is 0 Å². The molecule has 2 rings (SSSR count). The molecule has 24 heavy (non-hydrogen) atoms. The Bertz CT molecular complexity index is 752. The summed E-state index contributed by atoms with van der Waals surface area (Å²) in [6.07, 6.45) is -7.06. The summed E-state index contributed by atoms with van der Waals surface area (Å²) in [5.41, 5.74) is -3.46. The van der Waals surface area contributed by atoms with E-state index >= 15 is 0 Å². The van der Waals surface area contributed by atoms with Crippen LogP contribution in [0.4, 0.5) is 22.0 Å². The lowest BCUT2D eigenvalue weighted by molar-refractivity contribution is -0.273. The van der Waals surface area contributed by atoms with E-state index < -0.39 is 65.7 Å². The van der Waals surface area contributed by atoms with Crippen LogP contribution in [0.25, 0.3) is 0 Å². The third-order valence-electron chi connectivity index (χ3n) is 4.43. The number of ether oxygens (including phenoxy) is 2. The molecule has 4 nitrogen and oxygen atoms in total. The predicted octanol–water partition coefficient (Wildman–Crippen LogP) is 3.50. The maximum atomic E-state index is 13.7. The average Bonchev–Trinajstić information content (AvgIpc) is 2.75. The fourth-order valence-electron chi connectivity index (χ4n) is 2.90. The van der Waals surface area contributed by atoms with Gasteiger partial charge in [0.1, 0.15) is 5.75 Å². The van der Waals surface area contributed by atoms with Gasteiger partial charge in [0.05, 0.1) is 11.2 Å². The maximum Gasteiger partial charge on any atom is 0.417 e. The van der Waals surface area contributed by atoms with Gasteiger partial charge in [-0.1, -0.05) is 6.92 Å². The molecule has 0 radical (unpaired) electrons. The molecule has 0 aliphatic carbocycles. The van der Waals surface area contributed by atoms with E-state index in [0.29, 0.717) is 19.1 Å². The first-order valence-electron chi connectivity index (χ1n) is 8.24. The van der Waals surface area contributed by atoms with Gasteiger partial charge in [-0.2, -0.15) is 13.2 Å². The summed E-state index contributed by atoms with van der Waals surface area (Å²) < 4.78 is 98.3. The maximum absolute atomic E-state index is 13.7. The molecule has 0 spiro atoms. The van der Waals surface area contributed by atoms with Crippen LogP contribution in [-0.2, 0) is 9.53 Å². The van der Waals surface area contributed by atoms with Gasteiger partial charge < -0.3 is 14.6 Å². The van der Waals surface area contributed by atoms with Crippen molar-refractivity contribution in [3.05, 3.63) is 29.3 Å². The smallest absolute Gasteiger partial charge is 0.417 e. The van der Waals surface area contributed by atoms with E-state index in [4.69, 9.17) is 8.85 Å². The van der Waals surface area contributed by atoms with Gasteiger partial charge in [0.2, 0.25) is 0 Å². The van der Waals surface area contributed by atoms with Crippen LogP contribution >= 0.6 is 0 Å². The molecule has 1 aliphatic rings. The molecule has 0 bridgehead atoms. The highest BCUT2D eigenvalue weighted by molar-refractivity contribution is 5.75. The van der Waals surface area contributed by atoms with Crippen molar-refractivity contribution in [2.45, 2.75) is 37.6 Å². The fourth-order valence-corrected chi connectivity index (χ4v) is 2.90. The Kier molecular flexibility index (Phi) is 3.53. The minimum absolute atomic E-state index is 0.353. The molecule has 1 aromatic carbocycles. The van der Waals surface area contributed by atoms with Crippen LogP contribution in [0.5, 0.6) is 5.75 Å². The Balaban J connectivity index is 2.67. The molecule has 1 saturated heterocycles. The van der Waals surface area contributed by atoms with Gasteiger partial charge in [-0.15, -0.1) is 0 Å². The van der Waals surface area contributed by atoms with E-state index in [0.717, 1.165) is 6.92 Å². The molecule has 1 heterocycles. The van der Waals surface area contributed by atoms with Crippen LogP contribution < -0.4 is 4.74 Å². The first kappa shape index (κ1) is 14.4. The lowest BCUT2D eigenvalue weighted by Crippen LogP contribution is -2.47. The molecule has 9 heteroatoms. The highest BCUT2D eigenvalue weighted by atomic mass is 19.4. The number of methoxy groups -OCH3 is 1. The summed E-state index contributed by atoms with van der Waals surface area (Å²) in [5, 5.41) is 9.30. The van der Waals surface area contributed by atoms with Gasteiger partial charge in [0, 0.05) is 23.5 Å². The summed E-state index contributed by atoms with van der Waals surface area (Å²) in [7, 11) is -3.13. The second-order valence-electron chi connectivity index (χ2n) is 5.70. The molecule has 1 N–H and O–H groups in total. The zero-order chi connectivity index (χ0) is 20.9. The number of benzene rings is 1. The lowest BCUT2D eigenvalue weighted by Gasteiger charge is -2.31. The average molecular weight is 357 g/mol. The number of hydrogen-bond donors (Lipinski definition) is 1.